The molecule has 84 valence electrons. The van der Waals surface area contributed by atoms with E-state index in [1.165, 1.54) is 17.8 Å². The van der Waals surface area contributed by atoms with E-state index in [2.05, 4.69) is 22.0 Å². The molecule has 2 aromatic rings. The maximum Gasteiger partial charge on any atom is 0.116 e. The molecule has 4 heteroatoms. The van der Waals surface area contributed by atoms with Gasteiger partial charge in [0, 0.05) is 14.3 Å². The zero-order chi connectivity index (χ0) is 12.3. The summed E-state index contributed by atoms with van der Waals surface area (Å²) < 4.78 is 1.02. The van der Waals surface area contributed by atoms with Crippen molar-refractivity contribution in [1.29, 1.82) is 5.26 Å². The monoisotopic (exact) mass is 305 g/mol. The fourth-order valence-electron chi connectivity index (χ4n) is 1.32. The predicted octanol–water partition coefficient (Wildman–Crippen LogP) is 4.18. The van der Waals surface area contributed by atoms with Crippen LogP contribution in [0, 0.1) is 11.3 Å². The number of hydrogen-bond acceptors (Lipinski definition) is 3. The van der Waals surface area contributed by atoms with Gasteiger partial charge in [-0.3, -0.25) is 0 Å². The van der Waals surface area contributed by atoms with E-state index in [-0.39, 0.29) is 5.75 Å². The Kier molecular flexibility index (Phi) is 3.72. The van der Waals surface area contributed by atoms with Gasteiger partial charge in [0.05, 0.1) is 5.56 Å². The largest absolute Gasteiger partial charge is 0.508 e. The Morgan fingerprint density at radius 1 is 1.12 bits per heavy atom. The molecule has 1 N–H and O–H groups in total. The van der Waals surface area contributed by atoms with E-state index in [4.69, 9.17) is 5.26 Å². The van der Waals surface area contributed by atoms with Crippen LogP contribution in [0.3, 0.4) is 0 Å². The number of benzene rings is 2. The smallest absolute Gasteiger partial charge is 0.116 e. The number of rotatable bonds is 2. The predicted molar refractivity (Wildman–Crippen MR) is 71.1 cm³/mol. The van der Waals surface area contributed by atoms with Crippen LogP contribution in [-0.2, 0) is 0 Å². The first-order chi connectivity index (χ1) is 8.19. The van der Waals surface area contributed by atoms with E-state index < -0.39 is 0 Å². The summed E-state index contributed by atoms with van der Waals surface area (Å²) in [5, 5.41) is 18.3. The Bertz CT molecular complexity index is 575. The molecule has 0 atom stereocenters. The summed E-state index contributed by atoms with van der Waals surface area (Å²) in [6, 6.07) is 14.7. The van der Waals surface area contributed by atoms with Gasteiger partial charge in [0.15, 0.2) is 0 Å². The second kappa shape index (κ2) is 5.26. The quantitative estimate of drug-likeness (QED) is 0.905. The molecule has 2 aromatic carbocycles. The average molecular weight is 306 g/mol. The number of halogens is 1. The molecule has 0 amide bonds. The van der Waals surface area contributed by atoms with Crippen molar-refractivity contribution in [2.75, 3.05) is 0 Å². The Balaban J connectivity index is 2.30. The normalized spacial score (nSPS) is 9.88. The fourth-order valence-corrected chi connectivity index (χ4v) is 2.46. The summed E-state index contributed by atoms with van der Waals surface area (Å²) in [6.07, 6.45) is 0. The standard InChI is InChI=1S/C13H8BrNOS/c14-10-1-4-12(5-2-10)17-13-6-3-11(16)7-9(13)8-15/h1-7,16H. The van der Waals surface area contributed by atoms with Crippen LogP contribution in [0.15, 0.2) is 56.7 Å². The molecule has 0 spiro atoms. The highest BCUT2D eigenvalue weighted by atomic mass is 79.9. The zero-order valence-electron chi connectivity index (χ0n) is 8.72. The van der Waals surface area contributed by atoms with Crippen LogP contribution in [-0.4, -0.2) is 5.11 Å². The third kappa shape index (κ3) is 3.02. The van der Waals surface area contributed by atoms with Crippen molar-refractivity contribution in [2.45, 2.75) is 9.79 Å². The summed E-state index contributed by atoms with van der Waals surface area (Å²) in [7, 11) is 0. The Labute approximate surface area is 112 Å². The lowest BCUT2D eigenvalue weighted by Gasteiger charge is -2.04. The molecule has 0 fully saturated rings. The third-order valence-electron chi connectivity index (χ3n) is 2.13. The van der Waals surface area contributed by atoms with E-state index in [1.54, 1.807) is 12.1 Å². The van der Waals surface area contributed by atoms with Gasteiger partial charge in [-0.2, -0.15) is 5.26 Å². The maximum atomic E-state index is 9.30. The van der Waals surface area contributed by atoms with Crippen LogP contribution in [0.25, 0.3) is 0 Å². The molecule has 0 heterocycles. The summed E-state index contributed by atoms with van der Waals surface area (Å²) in [6.45, 7) is 0. The molecular formula is C13H8BrNOS. The highest BCUT2D eigenvalue weighted by molar-refractivity contribution is 9.10. The van der Waals surface area contributed by atoms with Gasteiger partial charge in [0.2, 0.25) is 0 Å². The SMILES string of the molecule is N#Cc1cc(O)ccc1Sc1ccc(Br)cc1. The molecule has 0 unspecified atom stereocenters. The highest BCUT2D eigenvalue weighted by Crippen LogP contribution is 2.32. The Morgan fingerprint density at radius 3 is 2.47 bits per heavy atom. The summed E-state index contributed by atoms with van der Waals surface area (Å²) in [4.78, 5) is 1.89. The van der Waals surface area contributed by atoms with Gasteiger partial charge in [0.1, 0.15) is 11.8 Å². The second-order valence-corrected chi connectivity index (χ2v) is 5.38. The van der Waals surface area contributed by atoms with E-state index in [9.17, 15) is 5.11 Å². The topological polar surface area (TPSA) is 44.0 Å². The molecular weight excluding hydrogens is 298 g/mol. The van der Waals surface area contributed by atoms with Crippen LogP contribution >= 0.6 is 27.7 Å². The first-order valence-electron chi connectivity index (χ1n) is 4.85. The molecule has 0 radical (unpaired) electrons. The fraction of sp³-hybridized carbons (Fsp3) is 0. The third-order valence-corrected chi connectivity index (χ3v) is 3.74. The minimum Gasteiger partial charge on any atom is -0.508 e. The van der Waals surface area contributed by atoms with Crippen LogP contribution in [0.5, 0.6) is 5.75 Å². The zero-order valence-corrected chi connectivity index (χ0v) is 11.1. The van der Waals surface area contributed by atoms with Gasteiger partial charge >= 0.3 is 0 Å². The molecule has 0 saturated carbocycles. The number of phenolic OH excluding ortho intramolecular Hbond substituents is 1. The molecule has 0 aliphatic carbocycles. The highest BCUT2D eigenvalue weighted by Gasteiger charge is 2.05. The minimum absolute atomic E-state index is 0.113. The summed E-state index contributed by atoms with van der Waals surface area (Å²) in [5.74, 6) is 0.113. The minimum atomic E-state index is 0.113. The lowest BCUT2D eigenvalue weighted by Crippen LogP contribution is -1.81. The molecule has 2 rings (SSSR count). The van der Waals surface area contributed by atoms with E-state index in [0.717, 1.165) is 14.3 Å². The van der Waals surface area contributed by atoms with Crippen molar-refractivity contribution in [1.82, 2.24) is 0 Å². The molecule has 0 aliphatic rings. The van der Waals surface area contributed by atoms with Crippen molar-refractivity contribution in [2.24, 2.45) is 0 Å². The molecule has 0 saturated heterocycles. The average Bonchev–Trinajstić information content (AvgIpc) is 2.34. The van der Waals surface area contributed by atoms with Crippen molar-refractivity contribution >= 4 is 27.7 Å². The van der Waals surface area contributed by atoms with E-state index in [1.807, 2.05) is 24.3 Å². The van der Waals surface area contributed by atoms with Gasteiger partial charge in [-0.05, 0) is 42.5 Å². The lowest BCUT2D eigenvalue weighted by atomic mass is 10.2. The lowest BCUT2D eigenvalue weighted by molar-refractivity contribution is 0.474. The van der Waals surface area contributed by atoms with Gasteiger partial charge in [-0.1, -0.05) is 27.7 Å². The Morgan fingerprint density at radius 2 is 1.82 bits per heavy atom. The van der Waals surface area contributed by atoms with Crippen LogP contribution in [0.2, 0.25) is 0 Å². The van der Waals surface area contributed by atoms with Crippen molar-refractivity contribution in [3.05, 3.63) is 52.5 Å². The van der Waals surface area contributed by atoms with Crippen LogP contribution < -0.4 is 0 Å². The number of hydrogen-bond donors (Lipinski definition) is 1. The van der Waals surface area contributed by atoms with Gasteiger partial charge in [-0.25, -0.2) is 0 Å². The van der Waals surface area contributed by atoms with Gasteiger partial charge < -0.3 is 5.11 Å². The maximum absolute atomic E-state index is 9.30. The second-order valence-electron chi connectivity index (χ2n) is 3.35. The molecule has 0 aromatic heterocycles. The van der Waals surface area contributed by atoms with Crippen molar-refractivity contribution in [3.8, 4) is 11.8 Å². The summed E-state index contributed by atoms with van der Waals surface area (Å²) in [5.41, 5.74) is 0.484. The molecule has 0 bridgehead atoms. The van der Waals surface area contributed by atoms with Gasteiger partial charge in [-0.15, -0.1) is 0 Å². The molecule has 2 nitrogen and oxygen atoms in total. The number of nitriles is 1. The Hall–Kier alpha value is -1.44. The van der Waals surface area contributed by atoms with Crippen LogP contribution in [0.4, 0.5) is 0 Å². The van der Waals surface area contributed by atoms with Gasteiger partial charge in [0.25, 0.3) is 0 Å². The first kappa shape index (κ1) is 12.0. The number of aromatic hydroxyl groups is 1. The number of nitrogens with zero attached hydrogens (tertiary/aromatic N) is 1. The van der Waals surface area contributed by atoms with E-state index in [0.29, 0.717) is 5.56 Å². The molecule has 17 heavy (non-hydrogen) atoms. The number of phenols is 1. The summed E-state index contributed by atoms with van der Waals surface area (Å²) >= 11 is 4.88. The van der Waals surface area contributed by atoms with Crippen molar-refractivity contribution in [3.63, 3.8) is 0 Å². The molecule has 0 aliphatic heterocycles. The van der Waals surface area contributed by atoms with Crippen LogP contribution in [0.1, 0.15) is 5.56 Å². The van der Waals surface area contributed by atoms with Crippen molar-refractivity contribution < 1.29 is 5.11 Å². The first-order valence-corrected chi connectivity index (χ1v) is 6.46. The van der Waals surface area contributed by atoms with E-state index >= 15 is 0 Å².